The van der Waals surface area contributed by atoms with Gasteiger partial charge in [0.25, 0.3) is 5.91 Å². The van der Waals surface area contributed by atoms with E-state index in [-0.39, 0.29) is 23.8 Å². The van der Waals surface area contributed by atoms with E-state index in [1.807, 2.05) is 24.8 Å². The number of nitrogens with one attached hydrogen (secondary N) is 1. The van der Waals surface area contributed by atoms with Crippen molar-refractivity contribution in [3.63, 3.8) is 0 Å². The Morgan fingerprint density at radius 3 is 2.26 bits per heavy atom. The SMILES string of the molecule is CC.CC(=O)c1c[nH]c2cc(Cl)c(C(=O)N3C[C@H](C)N(Cc4ccccc4)CC3C)cc12.O=CN1CCCC1. The highest BCUT2D eigenvalue weighted by molar-refractivity contribution is 6.35. The van der Waals surface area contributed by atoms with Gasteiger partial charge in [-0.1, -0.05) is 55.8 Å². The van der Waals surface area contributed by atoms with Crippen molar-refractivity contribution in [2.45, 2.75) is 66.1 Å². The molecule has 2 fully saturated rings. The van der Waals surface area contributed by atoms with Gasteiger partial charge >= 0.3 is 0 Å². The van der Waals surface area contributed by atoms with Gasteiger partial charge in [-0.15, -0.1) is 0 Å². The number of rotatable bonds is 5. The molecule has 3 heterocycles. The summed E-state index contributed by atoms with van der Waals surface area (Å²) in [5, 5.41) is 1.13. The number of Topliss-reactive ketones (excluding diaryl/α,β-unsaturated/α-hetero) is 1. The fraction of sp³-hybridized carbons (Fsp3) is 0.452. The number of piperazine rings is 1. The van der Waals surface area contributed by atoms with E-state index in [1.54, 1.807) is 23.2 Å². The highest BCUT2D eigenvalue weighted by Gasteiger charge is 2.33. The molecule has 5 rings (SSSR count). The first-order valence-electron chi connectivity index (χ1n) is 13.9. The maximum Gasteiger partial charge on any atom is 0.255 e. The summed E-state index contributed by atoms with van der Waals surface area (Å²) >= 11 is 6.46. The van der Waals surface area contributed by atoms with Gasteiger partial charge in [0, 0.05) is 67.5 Å². The number of carbonyl (C=O) groups is 3. The van der Waals surface area contributed by atoms with Crippen LogP contribution >= 0.6 is 11.6 Å². The molecule has 1 unspecified atom stereocenters. The van der Waals surface area contributed by atoms with Crippen molar-refractivity contribution in [2.24, 2.45) is 0 Å². The second kappa shape index (κ2) is 14.3. The lowest BCUT2D eigenvalue weighted by molar-refractivity contribution is -0.117. The first-order valence-corrected chi connectivity index (χ1v) is 14.3. The molecule has 0 spiro atoms. The predicted octanol–water partition coefficient (Wildman–Crippen LogP) is 6.02. The Bertz CT molecular complexity index is 1250. The van der Waals surface area contributed by atoms with E-state index in [0.29, 0.717) is 22.7 Å². The molecule has 2 atom stereocenters. The van der Waals surface area contributed by atoms with Gasteiger partial charge in [0.2, 0.25) is 6.41 Å². The Morgan fingerprint density at radius 2 is 1.67 bits per heavy atom. The van der Waals surface area contributed by atoms with Crippen molar-refractivity contribution < 1.29 is 14.4 Å². The zero-order valence-corrected chi connectivity index (χ0v) is 24.5. The van der Waals surface area contributed by atoms with Gasteiger partial charge in [0.1, 0.15) is 0 Å². The monoisotopic (exact) mass is 552 g/mol. The van der Waals surface area contributed by atoms with Crippen molar-refractivity contribution in [2.75, 3.05) is 26.2 Å². The normalized spacial score (nSPS) is 19.1. The van der Waals surface area contributed by atoms with Gasteiger partial charge < -0.3 is 14.8 Å². The van der Waals surface area contributed by atoms with Crippen molar-refractivity contribution >= 4 is 40.6 Å². The number of halogens is 1. The largest absolute Gasteiger partial charge is 0.360 e. The molecule has 3 aromatic rings. The van der Waals surface area contributed by atoms with E-state index in [9.17, 15) is 14.4 Å². The molecular weight excluding hydrogens is 512 g/mol. The summed E-state index contributed by atoms with van der Waals surface area (Å²) < 4.78 is 0. The second-order valence-corrected chi connectivity index (χ2v) is 10.5. The van der Waals surface area contributed by atoms with E-state index in [1.165, 1.54) is 25.3 Å². The smallest absolute Gasteiger partial charge is 0.255 e. The van der Waals surface area contributed by atoms with E-state index in [0.717, 1.165) is 43.5 Å². The zero-order chi connectivity index (χ0) is 28.5. The summed E-state index contributed by atoms with van der Waals surface area (Å²) in [6.07, 6.45) is 4.98. The number of hydrogen-bond donors (Lipinski definition) is 1. The Morgan fingerprint density at radius 1 is 1.00 bits per heavy atom. The van der Waals surface area contributed by atoms with Gasteiger partial charge in [0.05, 0.1) is 10.6 Å². The van der Waals surface area contributed by atoms with Crippen LogP contribution in [0.2, 0.25) is 5.02 Å². The van der Waals surface area contributed by atoms with Crippen molar-refractivity contribution in [1.82, 2.24) is 19.7 Å². The lowest BCUT2D eigenvalue weighted by Crippen LogP contribution is -2.57. The Balaban J connectivity index is 0.000000401. The third-order valence-electron chi connectivity index (χ3n) is 7.27. The zero-order valence-electron chi connectivity index (χ0n) is 23.7. The molecule has 1 aromatic heterocycles. The van der Waals surface area contributed by atoms with Crippen molar-refractivity contribution in [1.29, 1.82) is 0 Å². The van der Waals surface area contributed by atoms with Crippen LogP contribution in [0, 0.1) is 0 Å². The van der Waals surface area contributed by atoms with E-state index in [4.69, 9.17) is 11.6 Å². The van der Waals surface area contributed by atoms with Crippen LogP contribution in [0.25, 0.3) is 10.9 Å². The lowest BCUT2D eigenvalue weighted by Gasteiger charge is -2.44. The Labute approximate surface area is 237 Å². The fourth-order valence-electron chi connectivity index (χ4n) is 5.12. The van der Waals surface area contributed by atoms with Crippen LogP contribution in [0.15, 0.2) is 48.7 Å². The second-order valence-electron chi connectivity index (χ2n) is 10.1. The summed E-state index contributed by atoms with van der Waals surface area (Å²) in [5.74, 6) is -0.130. The average molecular weight is 553 g/mol. The molecule has 210 valence electrons. The van der Waals surface area contributed by atoms with Crippen LogP contribution in [-0.4, -0.2) is 76.0 Å². The van der Waals surface area contributed by atoms with E-state index >= 15 is 0 Å². The van der Waals surface area contributed by atoms with Gasteiger partial charge in [-0.05, 0) is 51.3 Å². The highest BCUT2D eigenvalue weighted by atomic mass is 35.5. The molecule has 2 aliphatic rings. The standard InChI is InChI=1S/C24H26ClN3O2.C5H9NO.C2H6/c1-15-13-28(16(2)12-27(15)14-18-7-5-4-6-8-18)24(30)20-9-19-21(17(3)29)11-26-23(19)10-22(20)25;7-5-6-3-1-2-4-6;1-2/h4-11,15-16,26H,12-14H2,1-3H3;5H,1-4H2;1-2H3/t15-,16?;;/m0../s1. The van der Waals surface area contributed by atoms with E-state index in [2.05, 4.69) is 48.0 Å². The molecule has 2 saturated heterocycles. The number of nitrogens with zero attached hydrogens (tertiary/aromatic N) is 3. The number of benzene rings is 2. The summed E-state index contributed by atoms with van der Waals surface area (Å²) in [6, 6.07) is 14.2. The molecular formula is C31H41ClN4O3. The molecule has 8 heteroatoms. The molecule has 2 aliphatic heterocycles. The first-order chi connectivity index (χ1) is 18.8. The number of amides is 2. The molecule has 7 nitrogen and oxygen atoms in total. The van der Waals surface area contributed by atoms with Crippen LogP contribution in [0.3, 0.4) is 0 Å². The topological polar surface area (TPSA) is 76.7 Å². The van der Waals surface area contributed by atoms with Gasteiger partial charge in [-0.25, -0.2) is 0 Å². The van der Waals surface area contributed by atoms with Crippen LogP contribution in [0.4, 0.5) is 0 Å². The number of H-pyrrole nitrogens is 1. The van der Waals surface area contributed by atoms with E-state index < -0.39 is 0 Å². The minimum Gasteiger partial charge on any atom is -0.360 e. The Hall–Kier alpha value is -3.16. The predicted molar refractivity (Wildman–Crippen MR) is 158 cm³/mol. The van der Waals surface area contributed by atoms with Crippen LogP contribution in [0.1, 0.15) is 73.7 Å². The quantitative estimate of drug-likeness (QED) is 0.310. The van der Waals surface area contributed by atoms with Gasteiger partial charge in [-0.2, -0.15) is 0 Å². The molecule has 1 N–H and O–H groups in total. The molecule has 0 bridgehead atoms. The number of fused-ring (bicyclic) bond motifs is 1. The van der Waals surface area contributed by atoms with Crippen LogP contribution < -0.4 is 0 Å². The molecule has 39 heavy (non-hydrogen) atoms. The number of likely N-dealkylation sites (tertiary alicyclic amines) is 1. The molecule has 0 saturated carbocycles. The summed E-state index contributed by atoms with van der Waals surface area (Å²) in [4.78, 5) is 44.4. The number of aromatic amines is 1. The molecule has 0 radical (unpaired) electrons. The Kier molecular flexibility index (Phi) is 11.1. The molecule has 2 amide bonds. The maximum absolute atomic E-state index is 13.4. The van der Waals surface area contributed by atoms with Crippen LogP contribution in [-0.2, 0) is 11.3 Å². The number of carbonyl (C=O) groups excluding carboxylic acids is 3. The van der Waals surface area contributed by atoms with Crippen molar-refractivity contribution in [3.8, 4) is 0 Å². The minimum absolute atomic E-state index is 0.0431. The third-order valence-corrected chi connectivity index (χ3v) is 7.59. The highest BCUT2D eigenvalue weighted by Crippen LogP contribution is 2.29. The number of aromatic nitrogens is 1. The number of hydrogen-bond acceptors (Lipinski definition) is 4. The third kappa shape index (κ3) is 7.49. The summed E-state index contributed by atoms with van der Waals surface area (Å²) in [6.45, 7) is 14.0. The summed E-state index contributed by atoms with van der Waals surface area (Å²) in [5.41, 5.74) is 3.05. The molecule has 0 aliphatic carbocycles. The lowest BCUT2D eigenvalue weighted by atomic mass is 10.0. The maximum atomic E-state index is 13.4. The fourth-order valence-corrected chi connectivity index (χ4v) is 5.36. The van der Waals surface area contributed by atoms with Crippen molar-refractivity contribution in [3.05, 3.63) is 70.4 Å². The van der Waals surface area contributed by atoms with Gasteiger partial charge in [-0.3, -0.25) is 19.3 Å². The minimum atomic E-state index is -0.0867. The van der Waals surface area contributed by atoms with Crippen LogP contribution in [0.5, 0.6) is 0 Å². The van der Waals surface area contributed by atoms with Gasteiger partial charge in [0.15, 0.2) is 5.78 Å². The average Bonchev–Trinajstić information content (AvgIpc) is 3.62. The molecule has 2 aromatic carbocycles. The number of ketones is 1. The summed E-state index contributed by atoms with van der Waals surface area (Å²) in [7, 11) is 0. The first kappa shape index (κ1) is 30.4.